The quantitative estimate of drug-likeness (QED) is 0.634. The molecule has 106 valence electrons. The number of benzene rings is 1. The van der Waals surface area contributed by atoms with E-state index in [1.165, 1.54) is 12.1 Å². The van der Waals surface area contributed by atoms with Gasteiger partial charge in [0.05, 0.1) is 4.92 Å². The molecule has 5 heteroatoms. The molecule has 4 nitrogen and oxygen atoms in total. The van der Waals surface area contributed by atoms with Crippen LogP contribution >= 0.6 is 0 Å². The van der Waals surface area contributed by atoms with Crippen LogP contribution in [0.25, 0.3) is 0 Å². The Labute approximate surface area is 113 Å². The predicted octanol–water partition coefficient (Wildman–Crippen LogP) is 3.51. The summed E-state index contributed by atoms with van der Waals surface area (Å²) < 4.78 is 13.4. The number of halogens is 1. The molecule has 1 aromatic carbocycles. The highest BCUT2D eigenvalue weighted by molar-refractivity contribution is 5.34. The Bertz CT molecular complexity index is 459. The zero-order valence-corrected chi connectivity index (χ0v) is 11.9. The molecule has 0 saturated heterocycles. The van der Waals surface area contributed by atoms with Crippen molar-refractivity contribution < 1.29 is 9.31 Å². The van der Waals surface area contributed by atoms with Crippen molar-refractivity contribution in [2.24, 2.45) is 11.3 Å². The lowest BCUT2D eigenvalue weighted by molar-refractivity contribution is -0.387. The van der Waals surface area contributed by atoms with Gasteiger partial charge < -0.3 is 5.32 Å². The summed E-state index contributed by atoms with van der Waals surface area (Å²) in [6.07, 6.45) is 0. The fourth-order valence-electron chi connectivity index (χ4n) is 1.54. The van der Waals surface area contributed by atoms with E-state index >= 15 is 0 Å². The van der Waals surface area contributed by atoms with Crippen LogP contribution in [0.2, 0.25) is 0 Å². The molecule has 0 aliphatic heterocycles. The lowest BCUT2D eigenvalue weighted by Gasteiger charge is -2.29. The van der Waals surface area contributed by atoms with Gasteiger partial charge in [-0.05, 0) is 23.0 Å². The molecule has 0 aromatic heterocycles. The van der Waals surface area contributed by atoms with E-state index in [4.69, 9.17) is 0 Å². The minimum Gasteiger partial charge on any atom is -0.312 e. The van der Waals surface area contributed by atoms with Gasteiger partial charge in [0.15, 0.2) is 0 Å². The second-order valence-corrected chi connectivity index (χ2v) is 5.79. The first kappa shape index (κ1) is 15.6. The molecule has 0 radical (unpaired) electrons. The first-order valence-corrected chi connectivity index (χ1v) is 6.37. The maximum atomic E-state index is 13.4. The smallest absolute Gasteiger partial charge is 0.304 e. The van der Waals surface area contributed by atoms with Gasteiger partial charge in [0, 0.05) is 19.2 Å². The van der Waals surface area contributed by atoms with Crippen LogP contribution in [0.15, 0.2) is 18.2 Å². The first-order valence-electron chi connectivity index (χ1n) is 6.37. The molecule has 0 fully saturated rings. The maximum absolute atomic E-state index is 13.4. The first-order chi connectivity index (χ1) is 8.74. The Morgan fingerprint density at radius 2 is 2.05 bits per heavy atom. The van der Waals surface area contributed by atoms with Gasteiger partial charge in [0.2, 0.25) is 5.82 Å². The van der Waals surface area contributed by atoms with E-state index in [2.05, 4.69) is 33.0 Å². The third-order valence-corrected chi connectivity index (χ3v) is 3.68. The van der Waals surface area contributed by atoms with Crippen molar-refractivity contribution in [3.63, 3.8) is 0 Å². The van der Waals surface area contributed by atoms with Crippen LogP contribution < -0.4 is 5.32 Å². The third-order valence-electron chi connectivity index (χ3n) is 3.68. The van der Waals surface area contributed by atoms with E-state index in [0.717, 1.165) is 6.54 Å². The zero-order valence-electron chi connectivity index (χ0n) is 11.9. The lowest BCUT2D eigenvalue weighted by Crippen LogP contribution is -2.33. The van der Waals surface area contributed by atoms with Crippen LogP contribution in [0.1, 0.15) is 33.3 Å². The maximum Gasteiger partial charge on any atom is 0.304 e. The standard InChI is InChI=1S/C14H21FN2O2/c1-10(2)14(3,4)9-16-8-11-5-6-13(17(18)19)12(15)7-11/h5-7,10,16H,8-9H2,1-4H3. The summed E-state index contributed by atoms with van der Waals surface area (Å²) in [6, 6.07) is 4.00. The van der Waals surface area contributed by atoms with Gasteiger partial charge in [-0.2, -0.15) is 4.39 Å². The monoisotopic (exact) mass is 268 g/mol. The predicted molar refractivity (Wildman–Crippen MR) is 73.4 cm³/mol. The Morgan fingerprint density at radius 1 is 1.42 bits per heavy atom. The normalized spacial score (nSPS) is 11.9. The highest BCUT2D eigenvalue weighted by Crippen LogP contribution is 2.25. The van der Waals surface area contributed by atoms with Gasteiger partial charge in [-0.15, -0.1) is 0 Å². The third kappa shape index (κ3) is 4.28. The van der Waals surface area contributed by atoms with E-state index in [0.29, 0.717) is 18.0 Å². The second-order valence-electron chi connectivity index (χ2n) is 5.79. The van der Waals surface area contributed by atoms with Gasteiger partial charge in [-0.25, -0.2) is 0 Å². The van der Waals surface area contributed by atoms with Crippen molar-refractivity contribution >= 4 is 5.69 Å². The minimum absolute atomic E-state index is 0.152. The van der Waals surface area contributed by atoms with Crippen molar-refractivity contribution in [1.29, 1.82) is 0 Å². The summed E-state index contributed by atoms with van der Waals surface area (Å²) in [6.45, 7) is 9.97. The number of hydrogen-bond donors (Lipinski definition) is 1. The van der Waals surface area contributed by atoms with Gasteiger partial charge >= 0.3 is 5.69 Å². The van der Waals surface area contributed by atoms with Crippen LogP contribution in [-0.2, 0) is 6.54 Å². The largest absolute Gasteiger partial charge is 0.312 e. The van der Waals surface area contributed by atoms with Crippen LogP contribution in [0.3, 0.4) is 0 Å². The van der Waals surface area contributed by atoms with Crippen molar-refractivity contribution in [1.82, 2.24) is 5.32 Å². The Balaban J connectivity index is 2.60. The van der Waals surface area contributed by atoms with E-state index in [-0.39, 0.29) is 5.41 Å². The summed E-state index contributed by atoms with van der Waals surface area (Å²) in [7, 11) is 0. The molecule has 0 aliphatic rings. The molecule has 0 bridgehead atoms. The summed E-state index contributed by atoms with van der Waals surface area (Å²) in [4.78, 5) is 9.79. The average molecular weight is 268 g/mol. The molecule has 1 rings (SSSR count). The van der Waals surface area contributed by atoms with E-state index in [9.17, 15) is 14.5 Å². The van der Waals surface area contributed by atoms with Crippen LogP contribution in [0.5, 0.6) is 0 Å². The molecule has 0 atom stereocenters. The van der Waals surface area contributed by atoms with E-state index in [1.54, 1.807) is 6.07 Å². The van der Waals surface area contributed by atoms with Crippen molar-refractivity contribution in [3.05, 3.63) is 39.7 Å². The topological polar surface area (TPSA) is 55.2 Å². The second kappa shape index (κ2) is 6.10. The molecule has 0 heterocycles. The summed E-state index contributed by atoms with van der Waals surface area (Å²) >= 11 is 0. The summed E-state index contributed by atoms with van der Waals surface area (Å²) in [5, 5.41) is 13.8. The number of hydrogen-bond acceptors (Lipinski definition) is 3. The van der Waals surface area contributed by atoms with Gasteiger partial charge in [-0.3, -0.25) is 10.1 Å². The summed E-state index contributed by atoms with van der Waals surface area (Å²) in [5.41, 5.74) is 0.383. The molecule has 0 unspecified atom stereocenters. The van der Waals surface area contributed by atoms with Crippen LogP contribution in [0, 0.1) is 27.3 Å². The lowest BCUT2D eigenvalue weighted by atomic mass is 9.81. The van der Waals surface area contributed by atoms with Crippen molar-refractivity contribution in [2.75, 3.05) is 6.54 Å². The fourth-order valence-corrected chi connectivity index (χ4v) is 1.54. The zero-order chi connectivity index (χ0) is 14.6. The fraction of sp³-hybridized carbons (Fsp3) is 0.571. The summed E-state index contributed by atoms with van der Waals surface area (Å²) in [5.74, 6) is -0.249. The highest BCUT2D eigenvalue weighted by Gasteiger charge is 2.21. The molecular weight excluding hydrogens is 247 g/mol. The molecule has 0 saturated carbocycles. The highest BCUT2D eigenvalue weighted by atomic mass is 19.1. The molecule has 1 N–H and O–H groups in total. The Morgan fingerprint density at radius 3 is 2.53 bits per heavy atom. The van der Waals surface area contributed by atoms with E-state index in [1.807, 2.05) is 0 Å². The number of nitro groups is 1. The van der Waals surface area contributed by atoms with Gasteiger partial charge in [-0.1, -0.05) is 33.8 Å². The number of nitrogens with zero attached hydrogens (tertiary/aromatic N) is 1. The van der Waals surface area contributed by atoms with Crippen LogP contribution in [0.4, 0.5) is 10.1 Å². The molecule has 0 amide bonds. The molecule has 19 heavy (non-hydrogen) atoms. The number of rotatable bonds is 6. The Hall–Kier alpha value is -1.49. The average Bonchev–Trinajstić information content (AvgIpc) is 2.28. The molecule has 1 aromatic rings. The molecule has 0 aliphatic carbocycles. The van der Waals surface area contributed by atoms with E-state index < -0.39 is 16.4 Å². The van der Waals surface area contributed by atoms with Gasteiger partial charge in [0.1, 0.15) is 0 Å². The number of nitrogens with one attached hydrogen (secondary N) is 1. The SMILES string of the molecule is CC(C)C(C)(C)CNCc1ccc([N+](=O)[O-])c(F)c1. The Kier molecular flexibility index (Phi) is 5.00. The minimum atomic E-state index is -0.785. The van der Waals surface area contributed by atoms with Gasteiger partial charge in [0.25, 0.3) is 0 Å². The molecular formula is C14H21FN2O2. The van der Waals surface area contributed by atoms with Crippen molar-refractivity contribution in [2.45, 2.75) is 34.2 Å². The van der Waals surface area contributed by atoms with Crippen LogP contribution in [-0.4, -0.2) is 11.5 Å². The molecule has 0 spiro atoms. The number of nitro benzene ring substituents is 1. The van der Waals surface area contributed by atoms with Crippen molar-refractivity contribution in [3.8, 4) is 0 Å².